The molecule has 0 N–H and O–H groups in total. The highest BCUT2D eigenvalue weighted by Crippen LogP contribution is 2.25. The van der Waals surface area contributed by atoms with Crippen molar-refractivity contribution in [2.24, 2.45) is 0 Å². The van der Waals surface area contributed by atoms with Crippen LogP contribution in [0.5, 0.6) is 0 Å². The average molecular weight is 334 g/mol. The fraction of sp³-hybridized carbons (Fsp3) is 0.0833. The second kappa shape index (κ2) is 5.29. The Kier molecular flexibility index (Phi) is 3.97. The molecular weight excluding hydrogens is 327 g/mol. The lowest BCUT2D eigenvalue weighted by Gasteiger charge is -2.03. The summed E-state index contributed by atoms with van der Waals surface area (Å²) in [4.78, 5) is 12.5. The molecule has 0 bridgehead atoms. The summed E-state index contributed by atoms with van der Waals surface area (Å²) in [6, 6.07) is 8.02. The number of ketones is 1. The lowest BCUT2D eigenvalue weighted by atomic mass is 10.1. The molecule has 1 heterocycles. The van der Waals surface area contributed by atoms with Gasteiger partial charge in [0.15, 0.2) is 5.78 Å². The van der Waals surface area contributed by atoms with Gasteiger partial charge in [-0.2, -0.15) is 0 Å². The number of carbonyl (C=O) groups excluding carboxylic acids is 1. The van der Waals surface area contributed by atoms with Gasteiger partial charge >= 0.3 is 0 Å². The van der Waals surface area contributed by atoms with E-state index in [-0.39, 0.29) is 18.0 Å². The summed E-state index contributed by atoms with van der Waals surface area (Å²) in [6.45, 7) is 0. The minimum atomic E-state index is -0.362. The molecule has 1 aromatic heterocycles. The Hall–Kier alpha value is -0.710. The molecule has 1 aromatic carbocycles. The highest BCUT2D eigenvalue weighted by atomic mass is 79.9. The molecule has 0 amide bonds. The number of benzene rings is 1. The van der Waals surface area contributed by atoms with Crippen molar-refractivity contribution in [2.75, 3.05) is 0 Å². The van der Waals surface area contributed by atoms with Gasteiger partial charge in [-0.15, -0.1) is 11.3 Å². The van der Waals surface area contributed by atoms with E-state index < -0.39 is 0 Å². The molecule has 0 fully saturated rings. The summed E-state index contributed by atoms with van der Waals surface area (Å²) < 4.78 is 14.2. The number of rotatable bonds is 3. The predicted molar refractivity (Wildman–Crippen MR) is 71.5 cm³/mol. The van der Waals surface area contributed by atoms with Crippen molar-refractivity contribution >= 4 is 44.7 Å². The van der Waals surface area contributed by atoms with Gasteiger partial charge in [0.1, 0.15) is 5.82 Å². The molecule has 1 nitrogen and oxygen atoms in total. The SMILES string of the molecule is O=C(Cc1cccc(F)c1Br)c1ccc(Cl)s1. The number of halogens is 3. The van der Waals surface area contributed by atoms with E-state index in [1.165, 1.54) is 17.4 Å². The van der Waals surface area contributed by atoms with Gasteiger partial charge in [0.25, 0.3) is 0 Å². The van der Waals surface area contributed by atoms with Crippen LogP contribution in [0.25, 0.3) is 0 Å². The number of hydrogen-bond donors (Lipinski definition) is 0. The van der Waals surface area contributed by atoms with Gasteiger partial charge < -0.3 is 0 Å². The van der Waals surface area contributed by atoms with Crippen LogP contribution in [-0.4, -0.2) is 5.78 Å². The normalized spacial score (nSPS) is 10.5. The fourth-order valence-corrected chi connectivity index (χ4v) is 2.79. The Morgan fingerprint density at radius 1 is 1.35 bits per heavy atom. The molecule has 88 valence electrons. The molecule has 5 heteroatoms. The van der Waals surface area contributed by atoms with Crippen LogP contribution in [-0.2, 0) is 6.42 Å². The third-order valence-corrected chi connectivity index (χ3v) is 4.39. The van der Waals surface area contributed by atoms with Crippen molar-refractivity contribution in [3.63, 3.8) is 0 Å². The first-order chi connectivity index (χ1) is 8.08. The number of Topliss-reactive ketones (excluding diaryl/α,β-unsaturated/α-hetero) is 1. The van der Waals surface area contributed by atoms with Gasteiger partial charge in [0.2, 0.25) is 0 Å². The predicted octanol–water partition coefficient (Wildman–Crippen LogP) is 4.73. The maximum atomic E-state index is 13.3. The van der Waals surface area contributed by atoms with Crippen molar-refractivity contribution in [1.29, 1.82) is 0 Å². The molecule has 0 saturated heterocycles. The van der Waals surface area contributed by atoms with Crippen LogP contribution >= 0.6 is 38.9 Å². The Morgan fingerprint density at radius 3 is 2.76 bits per heavy atom. The monoisotopic (exact) mass is 332 g/mol. The van der Waals surface area contributed by atoms with Gasteiger partial charge in [-0.3, -0.25) is 4.79 Å². The molecule has 0 aliphatic heterocycles. The van der Waals surface area contributed by atoms with E-state index >= 15 is 0 Å². The van der Waals surface area contributed by atoms with Gasteiger partial charge in [-0.05, 0) is 39.7 Å². The van der Waals surface area contributed by atoms with Gasteiger partial charge in [-0.25, -0.2) is 4.39 Å². The number of hydrogen-bond acceptors (Lipinski definition) is 2. The Morgan fingerprint density at radius 2 is 2.12 bits per heavy atom. The fourth-order valence-electron chi connectivity index (χ4n) is 1.41. The van der Waals surface area contributed by atoms with Crippen molar-refractivity contribution in [1.82, 2.24) is 0 Å². The number of thiophene rings is 1. The van der Waals surface area contributed by atoms with Crippen molar-refractivity contribution in [3.05, 3.63) is 55.4 Å². The minimum absolute atomic E-state index is 0.0619. The summed E-state index contributed by atoms with van der Waals surface area (Å²) >= 11 is 10.1. The maximum Gasteiger partial charge on any atom is 0.177 e. The van der Waals surface area contributed by atoms with Crippen LogP contribution in [0.3, 0.4) is 0 Å². The third-order valence-electron chi connectivity index (χ3n) is 2.23. The third kappa shape index (κ3) is 2.94. The molecule has 2 rings (SSSR count). The van der Waals surface area contributed by atoms with Crippen LogP contribution in [0.4, 0.5) is 4.39 Å². The van der Waals surface area contributed by atoms with E-state index in [1.807, 2.05) is 0 Å². The highest BCUT2D eigenvalue weighted by Gasteiger charge is 2.13. The Labute approximate surface area is 115 Å². The standard InChI is InChI=1S/C12H7BrClFOS/c13-12-7(2-1-3-8(12)15)6-9(16)10-4-5-11(14)17-10/h1-5H,6H2. The first kappa shape index (κ1) is 12.7. The molecule has 0 aliphatic carbocycles. The lowest BCUT2D eigenvalue weighted by Crippen LogP contribution is -2.02. The molecule has 2 aromatic rings. The van der Waals surface area contributed by atoms with E-state index in [2.05, 4.69) is 15.9 Å². The van der Waals surface area contributed by atoms with Gasteiger partial charge in [-0.1, -0.05) is 23.7 Å². The van der Waals surface area contributed by atoms with E-state index in [4.69, 9.17) is 11.6 Å². The topological polar surface area (TPSA) is 17.1 Å². The first-order valence-corrected chi connectivity index (χ1v) is 6.78. The summed E-state index contributed by atoms with van der Waals surface area (Å²) in [7, 11) is 0. The second-order valence-corrected chi connectivity index (χ2v) is 5.92. The van der Waals surface area contributed by atoms with E-state index in [0.717, 1.165) is 0 Å². The molecule has 17 heavy (non-hydrogen) atoms. The Balaban J connectivity index is 2.21. The summed E-state index contributed by atoms with van der Waals surface area (Å²) in [6.07, 6.45) is 0.162. The largest absolute Gasteiger partial charge is 0.293 e. The van der Waals surface area contributed by atoms with E-state index in [9.17, 15) is 9.18 Å². The minimum Gasteiger partial charge on any atom is -0.293 e. The van der Waals surface area contributed by atoms with Crippen molar-refractivity contribution < 1.29 is 9.18 Å². The quantitative estimate of drug-likeness (QED) is 0.742. The summed E-state index contributed by atoms with van der Waals surface area (Å²) in [5.41, 5.74) is 0.638. The lowest BCUT2D eigenvalue weighted by molar-refractivity contribution is 0.0996. The molecular formula is C12H7BrClFOS. The first-order valence-electron chi connectivity index (χ1n) is 4.79. The molecule has 0 spiro atoms. The van der Waals surface area contributed by atoms with Gasteiger partial charge in [0, 0.05) is 6.42 Å². The number of carbonyl (C=O) groups is 1. The van der Waals surface area contributed by atoms with Crippen LogP contribution in [0.2, 0.25) is 4.34 Å². The zero-order chi connectivity index (χ0) is 12.4. The Bertz CT molecular complexity index is 567. The van der Waals surface area contributed by atoms with E-state index in [1.54, 1.807) is 24.3 Å². The zero-order valence-electron chi connectivity index (χ0n) is 8.54. The van der Waals surface area contributed by atoms with Crippen molar-refractivity contribution in [2.45, 2.75) is 6.42 Å². The van der Waals surface area contributed by atoms with Crippen LogP contribution in [0.15, 0.2) is 34.8 Å². The van der Waals surface area contributed by atoms with Crippen LogP contribution in [0.1, 0.15) is 15.2 Å². The molecule has 0 unspecified atom stereocenters. The molecule has 0 saturated carbocycles. The average Bonchev–Trinajstić information content (AvgIpc) is 2.72. The maximum absolute atomic E-state index is 13.3. The molecule has 0 atom stereocenters. The molecule has 0 aliphatic rings. The highest BCUT2D eigenvalue weighted by molar-refractivity contribution is 9.10. The smallest absolute Gasteiger partial charge is 0.177 e. The van der Waals surface area contributed by atoms with Crippen molar-refractivity contribution in [3.8, 4) is 0 Å². The van der Waals surface area contributed by atoms with Crippen LogP contribution < -0.4 is 0 Å². The zero-order valence-corrected chi connectivity index (χ0v) is 11.7. The summed E-state index contributed by atoms with van der Waals surface area (Å²) in [5, 5.41) is 0. The second-order valence-electron chi connectivity index (χ2n) is 3.42. The van der Waals surface area contributed by atoms with Gasteiger partial charge in [0.05, 0.1) is 13.7 Å². The van der Waals surface area contributed by atoms with Crippen LogP contribution in [0, 0.1) is 5.82 Å². The van der Waals surface area contributed by atoms with E-state index in [0.29, 0.717) is 19.2 Å². The molecule has 0 radical (unpaired) electrons. The summed E-state index contributed by atoms with van der Waals surface area (Å²) in [5.74, 6) is -0.423.